The molecule has 7 nitrogen and oxygen atoms in total. The minimum Gasteiger partial charge on any atom is -0.508 e. The number of aromatic hydroxyl groups is 1. The fourth-order valence-electron chi connectivity index (χ4n) is 8.46. The van der Waals surface area contributed by atoms with Gasteiger partial charge in [0.25, 0.3) is 0 Å². The third kappa shape index (κ3) is 6.38. The van der Waals surface area contributed by atoms with E-state index in [4.69, 9.17) is 14.2 Å². The highest BCUT2D eigenvalue weighted by Gasteiger charge is 2.56. The zero-order valence-corrected chi connectivity index (χ0v) is 26.0. The van der Waals surface area contributed by atoms with Crippen LogP contribution in [-0.4, -0.2) is 47.9 Å². The van der Waals surface area contributed by atoms with Gasteiger partial charge in [0, 0.05) is 31.5 Å². The SMILES string of the molecule is CC(=O)OC1CCC2C3CCc4cc(O)ccc4C3CCC12C.O=C(C=CC=Cc1ccc2c(c1)OCO2)N1CCCCC1. The maximum Gasteiger partial charge on any atom is 0.302 e. The van der Waals surface area contributed by atoms with E-state index in [0.717, 1.165) is 62.3 Å². The molecule has 0 spiro atoms. The molecule has 44 heavy (non-hydrogen) atoms. The third-order valence-electron chi connectivity index (χ3n) is 10.6. The molecular weight excluding hydrogens is 554 g/mol. The number of hydrogen-bond donors (Lipinski definition) is 1. The highest BCUT2D eigenvalue weighted by atomic mass is 16.7. The number of amides is 1. The maximum atomic E-state index is 11.9. The van der Waals surface area contributed by atoms with Gasteiger partial charge >= 0.3 is 5.97 Å². The van der Waals surface area contributed by atoms with Crippen molar-refractivity contribution in [3.05, 3.63) is 71.3 Å². The highest BCUT2D eigenvalue weighted by Crippen LogP contribution is 2.61. The number of carbonyl (C=O) groups excluding carboxylic acids is 2. The molecule has 5 aliphatic rings. The number of carbonyl (C=O) groups is 2. The average molecular weight is 600 g/mol. The smallest absolute Gasteiger partial charge is 0.302 e. The zero-order chi connectivity index (χ0) is 30.7. The monoisotopic (exact) mass is 599 g/mol. The minimum atomic E-state index is -0.136. The molecule has 2 aromatic rings. The summed E-state index contributed by atoms with van der Waals surface area (Å²) in [4.78, 5) is 25.3. The lowest BCUT2D eigenvalue weighted by Crippen LogP contribution is -2.45. The lowest BCUT2D eigenvalue weighted by Gasteiger charge is -2.50. The number of ether oxygens (including phenoxy) is 3. The van der Waals surface area contributed by atoms with Gasteiger partial charge in [0.15, 0.2) is 11.5 Å². The molecule has 7 heteroatoms. The minimum absolute atomic E-state index is 0.102. The lowest BCUT2D eigenvalue weighted by molar-refractivity contribution is -0.154. The number of nitrogens with zero attached hydrogens (tertiary/aromatic N) is 1. The van der Waals surface area contributed by atoms with Gasteiger partial charge in [-0.05, 0) is 116 Å². The van der Waals surface area contributed by atoms with Gasteiger partial charge in [0.05, 0.1) is 0 Å². The first kappa shape index (κ1) is 30.3. The van der Waals surface area contributed by atoms with Crippen LogP contribution in [0.3, 0.4) is 0 Å². The summed E-state index contributed by atoms with van der Waals surface area (Å²) in [6.45, 7) is 5.93. The van der Waals surface area contributed by atoms with Crippen LogP contribution < -0.4 is 9.47 Å². The molecule has 2 aliphatic heterocycles. The summed E-state index contributed by atoms with van der Waals surface area (Å²) in [6, 6.07) is 11.7. The van der Waals surface area contributed by atoms with E-state index < -0.39 is 0 Å². The van der Waals surface area contributed by atoms with E-state index in [2.05, 4.69) is 13.0 Å². The molecule has 5 unspecified atom stereocenters. The van der Waals surface area contributed by atoms with Crippen molar-refractivity contribution >= 4 is 18.0 Å². The first-order chi connectivity index (χ1) is 21.3. The van der Waals surface area contributed by atoms with Crippen molar-refractivity contribution in [3.8, 4) is 17.2 Å². The Labute approximate surface area is 260 Å². The number of rotatable bonds is 4. The second-order valence-electron chi connectivity index (χ2n) is 13.2. The second-order valence-corrected chi connectivity index (χ2v) is 13.2. The van der Waals surface area contributed by atoms with Crippen molar-refractivity contribution in [2.24, 2.45) is 17.3 Å². The molecule has 7 rings (SSSR count). The van der Waals surface area contributed by atoms with Crippen LogP contribution in [0.1, 0.15) is 87.8 Å². The van der Waals surface area contributed by atoms with E-state index >= 15 is 0 Å². The van der Waals surface area contributed by atoms with Crippen molar-refractivity contribution in [1.29, 1.82) is 0 Å². The first-order valence-corrected chi connectivity index (χ1v) is 16.3. The fourth-order valence-corrected chi connectivity index (χ4v) is 8.46. The largest absolute Gasteiger partial charge is 0.508 e. The molecule has 5 atom stereocenters. The molecule has 3 fully saturated rings. The molecule has 1 amide bonds. The van der Waals surface area contributed by atoms with Gasteiger partial charge in [-0.3, -0.25) is 9.59 Å². The zero-order valence-electron chi connectivity index (χ0n) is 26.0. The van der Waals surface area contributed by atoms with Crippen molar-refractivity contribution in [2.75, 3.05) is 19.9 Å². The van der Waals surface area contributed by atoms with E-state index in [1.807, 2.05) is 47.4 Å². The van der Waals surface area contributed by atoms with Crippen LogP contribution >= 0.6 is 0 Å². The maximum absolute atomic E-state index is 11.9. The van der Waals surface area contributed by atoms with Crippen LogP contribution in [0.4, 0.5) is 0 Å². The number of phenolic OH excluding ortho intramolecular Hbond substituents is 1. The van der Waals surface area contributed by atoms with Crippen molar-refractivity contribution in [3.63, 3.8) is 0 Å². The predicted octanol–water partition coefficient (Wildman–Crippen LogP) is 7.18. The topological polar surface area (TPSA) is 85.3 Å². The standard InChI is InChI=1S/C20H26O3.C17H19NO3/c1-12(21)23-19-8-7-18-17-5-3-13-11-14(22)4-6-15(13)16(17)9-10-20(18,19)2;19-17(18-10-4-1-5-11-18)7-3-2-6-14-8-9-15-16(12-14)21-13-20-15/h4,6,11,16-19,22H,3,5,7-10H2,1-2H3;2-3,6-9,12H,1,4-5,10-11,13H2. The molecule has 0 radical (unpaired) electrons. The number of likely N-dealkylation sites (tertiary alicyclic amines) is 1. The molecule has 2 saturated carbocycles. The highest BCUT2D eigenvalue weighted by molar-refractivity contribution is 5.88. The Morgan fingerprint density at radius 3 is 2.61 bits per heavy atom. The summed E-state index contributed by atoms with van der Waals surface area (Å²) in [7, 11) is 0. The molecule has 234 valence electrons. The summed E-state index contributed by atoms with van der Waals surface area (Å²) >= 11 is 0. The predicted molar refractivity (Wildman–Crippen MR) is 169 cm³/mol. The van der Waals surface area contributed by atoms with Crippen LogP contribution in [0.25, 0.3) is 6.08 Å². The summed E-state index contributed by atoms with van der Waals surface area (Å²) in [5.74, 6) is 3.88. The Hall–Kier alpha value is -3.74. The Kier molecular flexibility index (Phi) is 9.01. The van der Waals surface area contributed by atoms with Crippen molar-refractivity contribution < 1.29 is 28.9 Å². The first-order valence-electron chi connectivity index (χ1n) is 16.3. The Morgan fingerprint density at radius 2 is 1.80 bits per heavy atom. The third-order valence-corrected chi connectivity index (χ3v) is 10.6. The number of allylic oxidation sites excluding steroid dienone is 2. The molecule has 3 aliphatic carbocycles. The quantitative estimate of drug-likeness (QED) is 0.228. The Morgan fingerprint density at radius 1 is 0.977 bits per heavy atom. The number of aryl methyl sites for hydroxylation is 1. The van der Waals surface area contributed by atoms with E-state index in [0.29, 0.717) is 23.5 Å². The molecule has 0 aromatic heterocycles. The number of hydrogen-bond acceptors (Lipinski definition) is 6. The van der Waals surface area contributed by atoms with Gasteiger partial charge in [-0.2, -0.15) is 0 Å². The second kappa shape index (κ2) is 13.1. The van der Waals surface area contributed by atoms with Gasteiger partial charge in [-0.15, -0.1) is 0 Å². The molecule has 1 saturated heterocycles. The van der Waals surface area contributed by atoms with Gasteiger partial charge in [0.2, 0.25) is 12.7 Å². The van der Waals surface area contributed by atoms with E-state index in [9.17, 15) is 14.7 Å². The lowest BCUT2D eigenvalue weighted by atomic mass is 9.55. The summed E-state index contributed by atoms with van der Waals surface area (Å²) in [5.41, 5.74) is 3.97. The molecule has 0 bridgehead atoms. The molecular formula is C37H45NO6. The summed E-state index contributed by atoms with van der Waals surface area (Å²) < 4.78 is 16.3. The summed E-state index contributed by atoms with van der Waals surface area (Å²) in [6.07, 6.45) is 17.6. The van der Waals surface area contributed by atoms with Crippen LogP contribution in [0.15, 0.2) is 54.6 Å². The van der Waals surface area contributed by atoms with E-state index in [1.54, 1.807) is 12.2 Å². The van der Waals surface area contributed by atoms with Crippen LogP contribution in [-0.2, 0) is 20.7 Å². The molecule has 2 aromatic carbocycles. The van der Waals surface area contributed by atoms with E-state index in [1.165, 1.54) is 43.7 Å². The summed E-state index contributed by atoms with van der Waals surface area (Å²) in [5, 5.41) is 9.75. The number of benzene rings is 2. The number of fused-ring (bicyclic) bond motifs is 6. The molecule has 1 N–H and O–H groups in total. The normalized spacial score (nSPS) is 28.5. The van der Waals surface area contributed by atoms with Crippen molar-refractivity contribution in [2.45, 2.75) is 83.7 Å². The van der Waals surface area contributed by atoms with Gasteiger partial charge < -0.3 is 24.2 Å². The fraction of sp³-hybridized carbons (Fsp3) is 0.514. The van der Waals surface area contributed by atoms with Crippen LogP contribution in [0.2, 0.25) is 0 Å². The van der Waals surface area contributed by atoms with Gasteiger partial charge in [-0.25, -0.2) is 0 Å². The van der Waals surface area contributed by atoms with E-state index in [-0.39, 0.29) is 30.2 Å². The van der Waals surface area contributed by atoms with Gasteiger partial charge in [0.1, 0.15) is 11.9 Å². The number of phenols is 1. The van der Waals surface area contributed by atoms with Crippen molar-refractivity contribution in [1.82, 2.24) is 4.90 Å². The number of esters is 1. The van der Waals surface area contributed by atoms with Gasteiger partial charge in [-0.1, -0.05) is 37.3 Å². The Balaban J connectivity index is 0.000000157. The Bertz CT molecular complexity index is 1430. The van der Waals surface area contributed by atoms with Crippen LogP contribution in [0.5, 0.6) is 17.2 Å². The average Bonchev–Trinajstić information content (AvgIpc) is 3.63. The molecule has 2 heterocycles. The van der Waals surface area contributed by atoms with Crippen LogP contribution in [0, 0.1) is 17.3 Å². The number of piperidine rings is 1.